The van der Waals surface area contributed by atoms with Gasteiger partial charge in [-0.3, -0.25) is 9.69 Å². The first kappa shape index (κ1) is 16.3. The second-order valence-corrected chi connectivity index (χ2v) is 6.01. The molecule has 0 spiro atoms. The van der Waals surface area contributed by atoms with Crippen LogP contribution in [0, 0.1) is 0 Å². The molecule has 0 radical (unpaired) electrons. The van der Waals surface area contributed by atoms with E-state index in [1.807, 2.05) is 48.5 Å². The first-order chi connectivity index (χ1) is 11.7. The average molecular weight is 325 g/mol. The van der Waals surface area contributed by atoms with E-state index in [1.54, 1.807) is 6.07 Å². The molecule has 0 saturated carbocycles. The van der Waals surface area contributed by atoms with Crippen LogP contribution >= 0.6 is 0 Å². The summed E-state index contributed by atoms with van der Waals surface area (Å²) in [4.78, 5) is 16.4. The number of para-hydroxylation sites is 2. The minimum absolute atomic E-state index is 0.0508. The molecule has 0 bridgehead atoms. The number of aromatic hydroxyl groups is 1. The lowest BCUT2D eigenvalue weighted by Gasteiger charge is -2.35. The largest absolute Gasteiger partial charge is 0.506 e. The zero-order valence-corrected chi connectivity index (χ0v) is 13.7. The molecule has 2 aromatic rings. The van der Waals surface area contributed by atoms with Gasteiger partial charge in [-0.15, -0.1) is 0 Å². The van der Waals surface area contributed by atoms with Crippen molar-refractivity contribution in [2.75, 3.05) is 37.6 Å². The highest BCUT2D eigenvalue weighted by Gasteiger charge is 2.20. The molecular formula is C19H23N3O2. The number of benzene rings is 2. The second kappa shape index (κ2) is 7.84. The summed E-state index contributed by atoms with van der Waals surface area (Å²) in [6.07, 6.45) is 0. The van der Waals surface area contributed by atoms with Crippen molar-refractivity contribution >= 4 is 11.6 Å². The number of amides is 1. The van der Waals surface area contributed by atoms with Gasteiger partial charge in [0.05, 0.1) is 12.2 Å². The number of piperazine rings is 1. The summed E-state index contributed by atoms with van der Waals surface area (Å²) in [6.45, 7) is 4.23. The first-order valence-corrected chi connectivity index (χ1v) is 8.28. The predicted octanol–water partition coefficient (Wildman–Crippen LogP) is 1.83. The van der Waals surface area contributed by atoms with Gasteiger partial charge in [0, 0.05) is 32.7 Å². The summed E-state index contributed by atoms with van der Waals surface area (Å²) in [5.74, 6) is 0.362. The lowest BCUT2D eigenvalue weighted by Crippen LogP contribution is -2.49. The number of hydrogen-bond acceptors (Lipinski definition) is 4. The molecule has 3 rings (SSSR count). The summed E-state index contributed by atoms with van der Waals surface area (Å²) in [6, 6.07) is 17.3. The molecule has 1 aliphatic rings. The van der Waals surface area contributed by atoms with Crippen LogP contribution in [-0.4, -0.2) is 48.6 Å². The van der Waals surface area contributed by atoms with Crippen molar-refractivity contribution in [3.63, 3.8) is 0 Å². The Morgan fingerprint density at radius 3 is 2.33 bits per heavy atom. The Morgan fingerprint density at radius 1 is 0.958 bits per heavy atom. The number of rotatable bonds is 5. The number of nitrogens with zero attached hydrogens (tertiary/aromatic N) is 2. The van der Waals surface area contributed by atoms with E-state index in [-0.39, 0.29) is 5.91 Å². The standard InChI is InChI=1S/C19H23N3O2/c23-18-9-5-4-8-17(18)22-12-10-21(11-13-22)15-19(24)20-14-16-6-2-1-3-7-16/h1-9,23H,10-15H2,(H,20,24). The van der Waals surface area contributed by atoms with Crippen LogP contribution in [0.4, 0.5) is 5.69 Å². The fraction of sp³-hybridized carbons (Fsp3) is 0.316. The quantitative estimate of drug-likeness (QED) is 0.881. The van der Waals surface area contributed by atoms with Crippen LogP contribution in [0.5, 0.6) is 5.75 Å². The highest BCUT2D eigenvalue weighted by Crippen LogP contribution is 2.27. The van der Waals surface area contributed by atoms with Crippen LogP contribution in [0.3, 0.4) is 0 Å². The molecule has 1 heterocycles. The van der Waals surface area contributed by atoms with Crippen molar-refractivity contribution in [3.05, 3.63) is 60.2 Å². The van der Waals surface area contributed by atoms with Crippen LogP contribution in [-0.2, 0) is 11.3 Å². The first-order valence-electron chi connectivity index (χ1n) is 8.28. The van der Waals surface area contributed by atoms with Crippen LogP contribution in [0.25, 0.3) is 0 Å². The van der Waals surface area contributed by atoms with Gasteiger partial charge in [0.2, 0.25) is 5.91 Å². The van der Waals surface area contributed by atoms with Gasteiger partial charge < -0.3 is 15.3 Å². The molecule has 5 heteroatoms. The maximum absolute atomic E-state index is 12.1. The Hall–Kier alpha value is -2.53. The van der Waals surface area contributed by atoms with E-state index in [4.69, 9.17) is 0 Å². The molecule has 126 valence electrons. The Labute approximate surface area is 142 Å². The molecule has 0 aromatic heterocycles. The summed E-state index contributed by atoms with van der Waals surface area (Å²) in [5.41, 5.74) is 1.97. The average Bonchev–Trinajstić information content (AvgIpc) is 2.62. The van der Waals surface area contributed by atoms with Crippen LogP contribution in [0.2, 0.25) is 0 Å². The van der Waals surface area contributed by atoms with Crippen LogP contribution in [0.1, 0.15) is 5.56 Å². The molecule has 1 amide bonds. The lowest BCUT2D eigenvalue weighted by atomic mass is 10.2. The molecule has 2 N–H and O–H groups in total. The van der Waals surface area contributed by atoms with Gasteiger partial charge in [-0.05, 0) is 17.7 Å². The predicted molar refractivity (Wildman–Crippen MR) is 95.0 cm³/mol. The summed E-state index contributed by atoms with van der Waals surface area (Å²) < 4.78 is 0. The van der Waals surface area contributed by atoms with E-state index >= 15 is 0 Å². The number of carbonyl (C=O) groups excluding carboxylic acids is 1. The van der Waals surface area contributed by atoms with Crippen molar-refractivity contribution in [2.45, 2.75) is 6.54 Å². The molecule has 24 heavy (non-hydrogen) atoms. The molecule has 1 aliphatic heterocycles. The van der Waals surface area contributed by atoms with E-state index in [1.165, 1.54) is 0 Å². The fourth-order valence-corrected chi connectivity index (χ4v) is 2.93. The highest BCUT2D eigenvalue weighted by atomic mass is 16.3. The Kier molecular flexibility index (Phi) is 5.33. The third kappa shape index (κ3) is 4.26. The van der Waals surface area contributed by atoms with E-state index in [0.717, 1.165) is 37.4 Å². The third-order valence-electron chi connectivity index (χ3n) is 4.29. The zero-order valence-electron chi connectivity index (χ0n) is 13.7. The number of anilines is 1. The molecule has 0 aliphatic carbocycles. The molecule has 1 saturated heterocycles. The van der Waals surface area contributed by atoms with E-state index in [9.17, 15) is 9.90 Å². The molecule has 5 nitrogen and oxygen atoms in total. The van der Waals surface area contributed by atoms with Gasteiger partial charge in [0.1, 0.15) is 5.75 Å². The minimum atomic E-state index is 0.0508. The van der Waals surface area contributed by atoms with Gasteiger partial charge in [-0.1, -0.05) is 42.5 Å². The second-order valence-electron chi connectivity index (χ2n) is 6.01. The Bertz CT molecular complexity index is 667. The van der Waals surface area contributed by atoms with Gasteiger partial charge in [-0.2, -0.15) is 0 Å². The van der Waals surface area contributed by atoms with Gasteiger partial charge in [0.15, 0.2) is 0 Å². The molecule has 0 atom stereocenters. The van der Waals surface area contributed by atoms with Crippen molar-refractivity contribution in [1.29, 1.82) is 0 Å². The summed E-state index contributed by atoms with van der Waals surface area (Å²) >= 11 is 0. The SMILES string of the molecule is O=C(CN1CCN(c2ccccc2O)CC1)NCc1ccccc1. The summed E-state index contributed by atoms with van der Waals surface area (Å²) in [5, 5.41) is 12.9. The van der Waals surface area contributed by atoms with Crippen molar-refractivity contribution in [1.82, 2.24) is 10.2 Å². The monoisotopic (exact) mass is 325 g/mol. The minimum Gasteiger partial charge on any atom is -0.506 e. The van der Waals surface area contributed by atoms with Crippen molar-refractivity contribution in [3.8, 4) is 5.75 Å². The smallest absolute Gasteiger partial charge is 0.234 e. The molecule has 0 unspecified atom stereocenters. The fourth-order valence-electron chi connectivity index (χ4n) is 2.93. The number of hydrogen-bond donors (Lipinski definition) is 2. The van der Waals surface area contributed by atoms with Gasteiger partial charge >= 0.3 is 0 Å². The normalized spacial score (nSPS) is 15.2. The van der Waals surface area contributed by atoms with Crippen molar-refractivity contribution in [2.24, 2.45) is 0 Å². The summed E-state index contributed by atoms with van der Waals surface area (Å²) in [7, 11) is 0. The molecular weight excluding hydrogens is 302 g/mol. The van der Waals surface area contributed by atoms with E-state index < -0.39 is 0 Å². The number of carbonyl (C=O) groups is 1. The Balaban J connectivity index is 1.44. The van der Waals surface area contributed by atoms with Gasteiger partial charge in [-0.25, -0.2) is 0 Å². The highest BCUT2D eigenvalue weighted by molar-refractivity contribution is 5.78. The van der Waals surface area contributed by atoms with Crippen LogP contribution < -0.4 is 10.2 Å². The maximum Gasteiger partial charge on any atom is 0.234 e. The molecule has 1 fully saturated rings. The third-order valence-corrected chi connectivity index (χ3v) is 4.29. The van der Waals surface area contributed by atoms with Gasteiger partial charge in [0.25, 0.3) is 0 Å². The Morgan fingerprint density at radius 2 is 1.62 bits per heavy atom. The number of phenolic OH excluding ortho intramolecular Hbond substituents is 1. The molecule has 2 aromatic carbocycles. The van der Waals surface area contributed by atoms with Crippen molar-refractivity contribution < 1.29 is 9.90 Å². The van der Waals surface area contributed by atoms with E-state index in [2.05, 4.69) is 15.1 Å². The zero-order chi connectivity index (χ0) is 16.8. The van der Waals surface area contributed by atoms with Crippen LogP contribution in [0.15, 0.2) is 54.6 Å². The van der Waals surface area contributed by atoms with E-state index in [0.29, 0.717) is 18.8 Å². The number of nitrogens with one attached hydrogen (secondary N) is 1. The lowest BCUT2D eigenvalue weighted by molar-refractivity contribution is -0.122. The topological polar surface area (TPSA) is 55.8 Å². The maximum atomic E-state index is 12.1. The number of phenols is 1.